The Bertz CT molecular complexity index is 1440. The number of benzene rings is 1. The Morgan fingerprint density at radius 3 is 1.68 bits per heavy atom. The van der Waals surface area contributed by atoms with E-state index in [4.69, 9.17) is 0 Å². The number of hydrogen-bond donors (Lipinski definition) is 0. The van der Waals surface area contributed by atoms with Crippen LogP contribution in [0.15, 0.2) is 153 Å². The molecule has 0 aliphatic carbocycles. The maximum atomic E-state index is 4.44. The van der Waals surface area contributed by atoms with Gasteiger partial charge in [0, 0.05) is 48.3 Å². The van der Waals surface area contributed by atoms with Crippen molar-refractivity contribution in [3.8, 4) is 22.3 Å². The molecule has 4 rings (SSSR count). The summed E-state index contributed by atoms with van der Waals surface area (Å²) in [5.41, 5.74) is 9.87. The second-order valence-electron chi connectivity index (χ2n) is 8.48. The molecule has 0 aliphatic heterocycles. The second kappa shape index (κ2) is 12.2. The Hall–Kier alpha value is -4.89. The fraction of sp³-hybridized carbons (Fsp3) is 0.0294. The van der Waals surface area contributed by atoms with Crippen molar-refractivity contribution in [3.05, 3.63) is 164 Å². The fourth-order valence-electron chi connectivity index (χ4n) is 3.98. The SMILES string of the molecule is C=CC(=CC(=C)c1cccnc1)C(C=CC)=CC(=C)c1cc(-c2cccnc2)cc(-c2cccnc2)c1. The third-order valence-electron chi connectivity index (χ3n) is 5.88. The van der Waals surface area contributed by atoms with Crippen LogP contribution in [0.4, 0.5) is 0 Å². The topological polar surface area (TPSA) is 38.7 Å². The van der Waals surface area contributed by atoms with Gasteiger partial charge in [-0.15, -0.1) is 0 Å². The van der Waals surface area contributed by atoms with Crippen molar-refractivity contribution in [1.82, 2.24) is 15.0 Å². The number of rotatable bonds is 9. The highest BCUT2D eigenvalue weighted by Gasteiger charge is 2.09. The van der Waals surface area contributed by atoms with Gasteiger partial charge in [-0.05, 0) is 100 Å². The van der Waals surface area contributed by atoms with E-state index in [9.17, 15) is 0 Å². The zero-order valence-corrected chi connectivity index (χ0v) is 21.0. The van der Waals surface area contributed by atoms with Gasteiger partial charge in [-0.3, -0.25) is 15.0 Å². The minimum Gasteiger partial charge on any atom is -0.264 e. The Morgan fingerprint density at radius 1 is 0.649 bits per heavy atom. The van der Waals surface area contributed by atoms with Gasteiger partial charge in [0.2, 0.25) is 0 Å². The molecule has 4 aromatic rings. The average Bonchev–Trinajstić information content (AvgIpc) is 2.96. The summed E-state index contributed by atoms with van der Waals surface area (Å²) < 4.78 is 0. The molecule has 3 aromatic heterocycles. The average molecular weight is 480 g/mol. The highest BCUT2D eigenvalue weighted by Crippen LogP contribution is 2.32. The van der Waals surface area contributed by atoms with Crippen LogP contribution < -0.4 is 0 Å². The molecule has 0 saturated heterocycles. The van der Waals surface area contributed by atoms with E-state index in [0.29, 0.717) is 0 Å². The third-order valence-corrected chi connectivity index (χ3v) is 5.88. The zero-order chi connectivity index (χ0) is 26.0. The monoisotopic (exact) mass is 479 g/mol. The van der Waals surface area contributed by atoms with E-state index in [1.165, 1.54) is 0 Å². The standard InChI is InChI=1S/C34H29N3/c1-5-10-28(27(6-2)17-25(3)29-11-7-14-35-22-29)18-26(4)32-19-33(30-12-8-15-36-23-30)21-34(20-32)31-13-9-16-37-24-31/h5-24H,2-4H2,1H3. The first-order valence-corrected chi connectivity index (χ1v) is 12.0. The summed E-state index contributed by atoms with van der Waals surface area (Å²) in [6, 6.07) is 18.4. The molecule has 0 N–H and O–H groups in total. The highest BCUT2D eigenvalue weighted by atomic mass is 14.6. The van der Waals surface area contributed by atoms with Crippen molar-refractivity contribution in [2.24, 2.45) is 0 Å². The Balaban J connectivity index is 1.78. The lowest BCUT2D eigenvalue weighted by molar-refractivity contribution is 1.31. The van der Waals surface area contributed by atoms with E-state index in [1.807, 2.05) is 61.8 Å². The summed E-state index contributed by atoms with van der Waals surface area (Å²) in [4.78, 5) is 12.8. The van der Waals surface area contributed by atoms with E-state index in [-0.39, 0.29) is 0 Å². The molecule has 0 spiro atoms. The summed E-state index contributed by atoms with van der Waals surface area (Å²) in [5.74, 6) is 0. The molecule has 180 valence electrons. The first-order chi connectivity index (χ1) is 18.1. The molecular weight excluding hydrogens is 450 g/mol. The molecule has 0 fully saturated rings. The largest absolute Gasteiger partial charge is 0.264 e. The molecular formula is C34H29N3. The summed E-state index contributed by atoms with van der Waals surface area (Å²) in [5, 5.41) is 0. The van der Waals surface area contributed by atoms with Gasteiger partial charge in [-0.25, -0.2) is 0 Å². The van der Waals surface area contributed by atoms with Crippen molar-refractivity contribution in [2.75, 3.05) is 0 Å². The van der Waals surface area contributed by atoms with Gasteiger partial charge in [0.1, 0.15) is 0 Å². The second-order valence-corrected chi connectivity index (χ2v) is 8.48. The normalized spacial score (nSPS) is 11.9. The minimum absolute atomic E-state index is 0.862. The molecule has 0 bridgehead atoms. The van der Waals surface area contributed by atoms with Gasteiger partial charge < -0.3 is 0 Å². The van der Waals surface area contributed by atoms with Crippen LogP contribution in [-0.4, -0.2) is 15.0 Å². The summed E-state index contributed by atoms with van der Waals surface area (Å²) in [6.07, 6.45) is 20.9. The van der Waals surface area contributed by atoms with Crippen LogP contribution in [0.2, 0.25) is 0 Å². The van der Waals surface area contributed by atoms with Crippen LogP contribution in [0.25, 0.3) is 33.4 Å². The molecule has 0 amide bonds. The molecule has 37 heavy (non-hydrogen) atoms. The maximum absolute atomic E-state index is 4.44. The van der Waals surface area contributed by atoms with Crippen LogP contribution >= 0.6 is 0 Å². The van der Waals surface area contributed by atoms with Crippen molar-refractivity contribution < 1.29 is 0 Å². The van der Waals surface area contributed by atoms with E-state index < -0.39 is 0 Å². The molecule has 0 atom stereocenters. The summed E-state index contributed by atoms with van der Waals surface area (Å²) in [7, 11) is 0. The highest BCUT2D eigenvalue weighted by molar-refractivity contribution is 5.84. The number of hydrogen-bond acceptors (Lipinski definition) is 3. The molecule has 1 aromatic carbocycles. The van der Waals surface area contributed by atoms with Gasteiger partial charge in [-0.2, -0.15) is 0 Å². The van der Waals surface area contributed by atoms with E-state index in [0.717, 1.165) is 55.7 Å². The van der Waals surface area contributed by atoms with Crippen molar-refractivity contribution in [3.63, 3.8) is 0 Å². The Morgan fingerprint density at radius 2 is 1.19 bits per heavy atom. The molecule has 3 heteroatoms. The smallest absolute Gasteiger partial charge is 0.0346 e. The van der Waals surface area contributed by atoms with Crippen LogP contribution in [0, 0.1) is 0 Å². The maximum Gasteiger partial charge on any atom is 0.0346 e. The van der Waals surface area contributed by atoms with Gasteiger partial charge in [0.25, 0.3) is 0 Å². The summed E-state index contributed by atoms with van der Waals surface area (Å²) >= 11 is 0. The molecule has 3 heterocycles. The van der Waals surface area contributed by atoms with E-state index in [2.05, 4.69) is 77.2 Å². The number of aromatic nitrogens is 3. The van der Waals surface area contributed by atoms with E-state index in [1.54, 1.807) is 24.8 Å². The molecule has 0 radical (unpaired) electrons. The molecule has 0 aliphatic rings. The van der Waals surface area contributed by atoms with Crippen LogP contribution in [0.1, 0.15) is 18.1 Å². The summed E-state index contributed by atoms with van der Waals surface area (Å²) in [6.45, 7) is 14.7. The first-order valence-electron chi connectivity index (χ1n) is 12.0. The number of nitrogens with zero attached hydrogens (tertiary/aromatic N) is 3. The zero-order valence-electron chi connectivity index (χ0n) is 21.0. The number of pyridine rings is 3. The fourth-order valence-corrected chi connectivity index (χ4v) is 3.98. The lowest BCUT2D eigenvalue weighted by atomic mass is 9.92. The van der Waals surface area contributed by atoms with Crippen LogP contribution in [0.3, 0.4) is 0 Å². The Kier molecular flexibility index (Phi) is 8.30. The van der Waals surface area contributed by atoms with Crippen molar-refractivity contribution in [1.29, 1.82) is 0 Å². The molecule has 0 saturated carbocycles. The van der Waals surface area contributed by atoms with Crippen molar-refractivity contribution >= 4 is 11.1 Å². The quantitative estimate of drug-likeness (QED) is 0.226. The lowest BCUT2D eigenvalue weighted by Crippen LogP contribution is -1.91. The molecule has 3 nitrogen and oxygen atoms in total. The van der Waals surface area contributed by atoms with Gasteiger partial charge in [0.15, 0.2) is 0 Å². The Labute approximate surface area is 219 Å². The van der Waals surface area contributed by atoms with Crippen LogP contribution in [-0.2, 0) is 0 Å². The predicted molar refractivity (Wildman–Crippen MR) is 156 cm³/mol. The van der Waals surface area contributed by atoms with Gasteiger partial charge >= 0.3 is 0 Å². The minimum atomic E-state index is 0.862. The third kappa shape index (κ3) is 6.41. The number of allylic oxidation sites excluding steroid dienone is 9. The van der Waals surface area contributed by atoms with Gasteiger partial charge in [0.05, 0.1) is 0 Å². The van der Waals surface area contributed by atoms with Crippen molar-refractivity contribution in [2.45, 2.75) is 6.92 Å². The van der Waals surface area contributed by atoms with Gasteiger partial charge in [-0.1, -0.05) is 56.2 Å². The molecule has 0 unspecified atom stereocenters. The van der Waals surface area contributed by atoms with E-state index >= 15 is 0 Å². The first kappa shape index (κ1) is 25.2. The van der Waals surface area contributed by atoms with Crippen LogP contribution in [0.5, 0.6) is 0 Å². The predicted octanol–water partition coefficient (Wildman–Crippen LogP) is 8.55. The lowest BCUT2D eigenvalue weighted by Gasteiger charge is -2.12.